The third-order valence-corrected chi connectivity index (χ3v) is 3.93. The Bertz CT molecular complexity index is 816. The van der Waals surface area contributed by atoms with E-state index < -0.39 is 23.3 Å². The van der Waals surface area contributed by atoms with Gasteiger partial charge in [0.05, 0.1) is 16.9 Å². The molecule has 0 bridgehead atoms. The van der Waals surface area contributed by atoms with Crippen LogP contribution in [-0.2, 0) is 6.54 Å². The predicted octanol–water partition coefficient (Wildman–Crippen LogP) is 4.46. The SMILES string of the molecule is Fc1ccccc1NCc1nc2c(F)c(F)cc(F)c2s1. The molecule has 2 nitrogen and oxygen atoms in total. The summed E-state index contributed by atoms with van der Waals surface area (Å²) in [7, 11) is 0. The molecule has 0 radical (unpaired) electrons. The van der Waals surface area contributed by atoms with Gasteiger partial charge in [-0.3, -0.25) is 0 Å². The second-order valence-corrected chi connectivity index (χ2v) is 5.36. The number of nitrogens with one attached hydrogen (secondary N) is 1. The Balaban J connectivity index is 1.90. The average Bonchev–Trinajstić information content (AvgIpc) is 2.89. The van der Waals surface area contributed by atoms with E-state index in [-0.39, 0.29) is 22.4 Å². The van der Waals surface area contributed by atoms with Crippen molar-refractivity contribution in [2.75, 3.05) is 5.32 Å². The summed E-state index contributed by atoms with van der Waals surface area (Å²) in [6.07, 6.45) is 0. The largest absolute Gasteiger partial charge is 0.376 e. The minimum Gasteiger partial charge on any atom is -0.376 e. The van der Waals surface area contributed by atoms with Crippen LogP contribution in [0.25, 0.3) is 10.2 Å². The zero-order chi connectivity index (χ0) is 15.0. The first-order valence-corrected chi connectivity index (χ1v) is 6.79. The smallest absolute Gasteiger partial charge is 0.186 e. The second-order valence-electron chi connectivity index (χ2n) is 4.27. The standard InChI is InChI=1S/C14H8F4N2S/c15-7-3-1-2-4-10(7)19-6-11-20-13-12(18)8(16)5-9(17)14(13)21-11/h1-5,19H,6H2. The average molecular weight is 312 g/mol. The Hall–Kier alpha value is -2.15. The number of para-hydroxylation sites is 1. The summed E-state index contributed by atoms with van der Waals surface area (Å²) in [4.78, 5) is 3.86. The first-order valence-electron chi connectivity index (χ1n) is 5.97. The molecule has 7 heteroatoms. The van der Waals surface area contributed by atoms with Crippen molar-refractivity contribution < 1.29 is 17.6 Å². The highest BCUT2D eigenvalue weighted by Crippen LogP contribution is 2.29. The number of thiazole rings is 1. The van der Waals surface area contributed by atoms with Crippen molar-refractivity contribution in [1.29, 1.82) is 0 Å². The van der Waals surface area contributed by atoms with Crippen molar-refractivity contribution in [3.8, 4) is 0 Å². The van der Waals surface area contributed by atoms with Gasteiger partial charge in [-0.2, -0.15) is 0 Å². The lowest BCUT2D eigenvalue weighted by molar-refractivity contribution is 0.504. The summed E-state index contributed by atoms with van der Waals surface area (Å²) in [5, 5.41) is 3.11. The number of nitrogens with zero attached hydrogens (tertiary/aromatic N) is 1. The number of aromatic nitrogens is 1. The van der Waals surface area contributed by atoms with Crippen LogP contribution in [0.1, 0.15) is 5.01 Å². The maximum absolute atomic E-state index is 13.6. The molecule has 1 heterocycles. The molecule has 0 aliphatic rings. The first kappa shape index (κ1) is 13.8. The van der Waals surface area contributed by atoms with Crippen LogP contribution in [0.2, 0.25) is 0 Å². The van der Waals surface area contributed by atoms with Crippen LogP contribution in [-0.4, -0.2) is 4.98 Å². The van der Waals surface area contributed by atoms with Gasteiger partial charge in [0, 0.05) is 6.07 Å². The number of fused-ring (bicyclic) bond motifs is 1. The van der Waals surface area contributed by atoms with E-state index >= 15 is 0 Å². The zero-order valence-electron chi connectivity index (χ0n) is 10.5. The van der Waals surface area contributed by atoms with Gasteiger partial charge in [0.1, 0.15) is 22.2 Å². The normalized spacial score (nSPS) is 11.0. The van der Waals surface area contributed by atoms with E-state index in [4.69, 9.17) is 0 Å². The summed E-state index contributed by atoms with van der Waals surface area (Å²) in [5.74, 6) is -3.76. The van der Waals surface area contributed by atoms with E-state index in [0.717, 1.165) is 11.3 Å². The number of rotatable bonds is 3. The topological polar surface area (TPSA) is 24.9 Å². The van der Waals surface area contributed by atoms with Crippen LogP contribution in [0, 0.1) is 23.3 Å². The van der Waals surface area contributed by atoms with Crippen LogP contribution in [0.3, 0.4) is 0 Å². The lowest BCUT2D eigenvalue weighted by atomic mass is 10.3. The molecule has 3 aromatic rings. The first-order chi connectivity index (χ1) is 10.1. The van der Waals surface area contributed by atoms with E-state index in [9.17, 15) is 17.6 Å². The molecule has 0 aliphatic heterocycles. The third kappa shape index (κ3) is 2.56. The van der Waals surface area contributed by atoms with Crippen molar-refractivity contribution in [3.05, 3.63) is 58.6 Å². The molecule has 108 valence electrons. The van der Waals surface area contributed by atoms with Gasteiger partial charge < -0.3 is 5.32 Å². The fourth-order valence-corrected chi connectivity index (χ4v) is 2.78. The monoisotopic (exact) mass is 312 g/mol. The molecular weight excluding hydrogens is 304 g/mol. The third-order valence-electron chi connectivity index (χ3n) is 2.86. The van der Waals surface area contributed by atoms with Gasteiger partial charge in [-0.05, 0) is 12.1 Å². The Morgan fingerprint density at radius 2 is 1.76 bits per heavy atom. The molecule has 21 heavy (non-hydrogen) atoms. The van der Waals surface area contributed by atoms with Crippen LogP contribution >= 0.6 is 11.3 Å². The molecule has 0 saturated heterocycles. The summed E-state index contributed by atoms with van der Waals surface area (Å²) in [5.41, 5.74) is -0.0910. The van der Waals surface area contributed by atoms with Crippen molar-refractivity contribution in [1.82, 2.24) is 4.98 Å². The van der Waals surface area contributed by atoms with Gasteiger partial charge in [0.15, 0.2) is 11.6 Å². The Morgan fingerprint density at radius 1 is 1.00 bits per heavy atom. The van der Waals surface area contributed by atoms with Gasteiger partial charge in [-0.1, -0.05) is 12.1 Å². The van der Waals surface area contributed by atoms with Crippen LogP contribution in [0.4, 0.5) is 23.2 Å². The predicted molar refractivity (Wildman–Crippen MR) is 73.2 cm³/mol. The lowest BCUT2D eigenvalue weighted by Gasteiger charge is -2.04. The number of hydrogen-bond donors (Lipinski definition) is 1. The summed E-state index contributed by atoms with van der Waals surface area (Å²) in [6, 6.07) is 6.51. The Morgan fingerprint density at radius 3 is 2.52 bits per heavy atom. The van der Waals surface area contributed by atoms with E-state index in [0.29, 0.717) is 11.1 Å². The minimum absolute atomic E-state index is 0.0563. The molecule has 2 aromatic carbocycles. The maximum atomic E-state index is 13.6. The maximum Gasteiger partial charge on any atom is 0.186 e. The zero-order valence-corrected chi connectivity index (χ0v) is 11.3. The quantitative estimate of drug-likeness (QED) is 0.570. The summed E-state index contributed by atoms with van der Waals surface area (Å²) < 4.78 is 53.6. The highest BCUT2D eigenvalue weighted by atomic mass is 32.1. The van der Waals surface area contributed by atoms with Crippen molar-refractivity contribution in [2.24, 2.45) is 0 Å². The van der Waals surface area contributed by atoms with Crippen LogP contribution in [0.15, 0.2) is 30.3 Å². The van der Waals surface area contributed by atoms with E-state index in [1.54, 1.807) is 12.1 Å². The van der Waals surface area contributed by atoms with Crippen molar-refractivity contribution >= 4 is 27.2 Å². The van der Waals surface area contributed by atoms with E-state index in [1.165, 1.54) is 12.1 Å². The molecule has 1 aromatic heterocycles. The second kappa shape index (κ2) is 5.33. The fourth-order valence-electron chi connectivity index (χ4n) is 1.88. The van der Waals surface area contributed by atoms with Gasteiger partial charge in [0.25, 0.3) is 0 Å². The molecule has 0 spiro atoms. The molecule has 0 fully saturated rings. The van der Waals surface area contributed by atoms with E-state index in [1.807, 2.05) is 0 Å². The Labute approximate surface area is 121 Å². The molecule has 1 N–H and O–H groups in total. The highest BCUT2D eigenvalue weighted by molar-refractivity contribution is 7.18. The molecule has 0 saturated carbocycles. The van der Waals surface area contributed by atoms with Crippen molar-refractivity contribution in [2.45, 2.75) is 6.54 Å². The number of anilines is 1. The molecule has 3 rings (SSSR count). The summed E-state index contributed by atoms with van der Waals surface area (Å²) >= 11 is 0.894. The van der Waals surface area contributed by atoms with Crippen LogP contribution in [0.5, 0.6) is 0 Å². The molecule has 0 unspecified atom stereocenters. The molecule has 0 amide bonds. The molecule has 0 aliphatic carbocycles. The van der Waals surface area contributed by atoms with E-state index in [2.05, 4.69) is 10.3 Å². The fraction of sp³-hybridized carbons (Fsp3) is 0.0714. The van der Waals surface area contributed by atoms with Gasteiger partial charge in [-0.25, -0.2) is 22.5 Å². The highest BCUT2D eigenvalue weighted by Gasteiger charge is 2.17. The molecular formula is C14H8F4N2S. The Kier molecular flexibility index (Phi) is 3.50. The number of benzene rings is 2. The van der Waals surface area contributed by atoms with Gasteiger partial charge >= 0.3 is 0 Å². The number of hydrogen-bond acceptors (Lipinski definition) is 3. The lowest BCUT2D eigenvalue weighted by Crippen LogP contribution is -2.00. The van der Waals surface area contributed by atoms with Gasteiger partial charge in [0.2, 0.25) is 0 Å². The van der Waals surface area contributed by atoms with Gasteiger partial charge in [-0.15, -0.1) is 11.3 Å². The molecule has 0 atom stereocenters. The summed E-state index contributed by atoms with van der Waals surface area (Å²) in [6.45, 7) is 0.0841. The van der Waals surface area contributed by atoms with Crippen LogP contribution < -0.4 is 5.32 Å². The minimum atomic E-state index is -1.28. The number of halogens is 4. The van der Waals surface area contributed by atoms with Crippen molar-refractivity contribution in [3.63, 3.8) is 0 Å².